The van der Waals surface area contributed by atoms with E-state index in [2.05, 4.69) is 48.3 Å². The number of hydrogen-bond acceptors (Lipinski definition) is 2. The van der Waals surface area contributed by atoms with E-state index in [0.717, 1.165) is 0 Å². The second-order valence-corrected chi connectivity index (χ2v) is 6.24. The van der Waals surface area contributed by atoms with Crippen molar-refractivity contribution < 1.29 is 0 Å². The Bertz CT molecular complexity index is 421. The van der Waals surface area contributed by atoms with E-state index in [1.807, 2.05) is 0 Å². The highest BCUT2D eigenvalue weighted by Gasteiger charge is 2.41. The number of rotatable bonds is 2. The molecule has 0 aromatic heterocycles. The molecule has 2 heterocycles. The maximum atomic E-state index is 3.54. The van der Waals surface area contributed by atoms with E-state index in [-0.39, 0.29) is 0 Å². The van der Waals surface area contributed by atoms with Gasteiger partial charge in [-0.2, -0.15) is 0 Å². The Labute approximate surface area is 110 Å². The highest BCUT2D eigenvalue weighted by molar-refractivity contribution is 5.25. The van der Waals surface area contributed by atoms with E-state index in [4.69, 9.17) is 0 Å². The lowest BCUT2D eigenvalue weighted by Gasteiger charge is -2.28. The molecule has 0 saturated carbocycles. The van der Waals surface area contributed by atoms with Crippen LogP contribution in [-0.2, 0) is 0 Å². The first kappa shape index (κ1) is 12.2. The molecule has 0 amide bonds. The standard InChI is InChI=1S/C16H24N2/c1-13-4-3-5-15(10-13)14(2)18-9-7-16(12-18)6-8-17-11-16/h3-5,10,14,17H,6-9,11-12H2,1-2H3. The Morgan fingerprint density at radius 1 is 1.33 bits per heavy atom. The minimum absolute atomic E-state index is 0.560. The second kappa shape index (κ2) is 4.67. The van der Waals surface area contributed by atoms with Crippen molar-refractivity contribution in [1.82, 2.24) is 10.2 Å². The molecule has 1 N–H and O–H groups in total. The summed E-state index contributed by atoms with van der Waals surface area (Å²) in [5, 5.41) is 3.54. The maximum Gasteiger partial charge on any atom is 0.0320 e. The lowest BCUT2D eigenvalue weighted by atomic mass is 9.86. The normalized spacial score (nSPS) is 30.1. The average Bonchev–Trinajstić information content (AvgIpc) is 3.00. The van der Waals surface area contributed by atoms with Crippen molar-refractivity contribution >= 4 is 0 Å². The lowest BCUT2D eigenvalue weighted by molar-refractivity contribution is 0.224. The molecule has 0 aliphatic carbocycles. The van der Waals surface area contributed by atoms with Gasteiger partial charge in [-0.1, -0.05) is 29.8 Å². The quantitative estimate of drug-likeness (QED) is 0.860. The van der Waals surface area contributed by atoms with Crippen LogP contribution in [0.1, 0.15) is 36.9 Å². The summed E-state index contributed by atoms with van der Waals surface area (Å²) in [7, 11) is 0. The van der Waals surface area contributed by atoms with Crippen LogP contribution in [0, 0.1) is 12.3 Å². The number of aryl methyl sites for hydroxylation is 1. The smallest absolute Gasteiger partial charge is 0.0320 e. The zero-order chi connectivity index (χ0) is 12.6. The van der Waals surface area contributed by atoms with E-state index in [1.165, 1.54) is 50.1 Å². The molecule has 18 heavy (non-hydrogen) atoms. The Hall–Kier alpha value is -0.860. The molecule has 3 rings (SSSR count). The van der Waals surface area contributed by atoms with Crippen LogP contribution in [0.4, 0.5) is 0 Å². The van der Waals surface area contributed by atoms with Crippen molar-refractivity contribution in [3.05, 3.63) is 35.4 Å². The van der Waals surface area contributed by atoms with Gasteiger partial charge in [0, 0.05) is 19.1 Å². The summed E-state index contributed by atoms with van der Waals surface area (Å²) in [6, 6.07) is 9.54. The molecule has 2 unspecified atom stereocenters. The number of nitrogens with one attached hydrogen (secondary N) is 1. The van der Waals surface area contributed by atoms with Crippen LogP contribution in [0.25, 0.3) is 0 Å². The maximum absolute atomic E-state index is 3.54. The first-order valence-corrected chi connectivity index (χ1v) is 7.20. The number of likely N-dealkylation sites (tertiary alicyclic amines) is 1. The fourth-order valence-corrected chi connectivity index (χ4v) is 3.58. The van der Waals surface area contributed by atoms with Crippen LogP contribution in [0.3, 0.4) is 0 Å². The summed E-state index contributed by atoms with van der Waals surface area (Å²) in [6.45, 7) is 9.52. The molecule has 2 aliphatic rings. The van der Waals surface area contributed by atoms with Crippen molar-refractivity contribution in [3.8, 4) is 0 Å². The largest absolute Gasteiger partial charge is 0.316 e. The molecule has 98 valence electrons. The predicted molar refractivity (Wildman–Crippen MR) is 75.7 cm³/mol. The molecule has 2 heteroatoms. The molecule has 1 spiro atoms. The van der Waals surface area contributed by atoms with E-state index in [9.17, 15) is 0 Å². The van der Waals surface area contributed by atoms with Gasteiger partial charge in [0.25, 0.3) is 0 Å². The molecule has 1 aromatic rings. The predicted octanol–water partition coefficient (Wildman–Crippen LogP) is 2.74. The van der Waals surface area contributed by atoms with Crippen molar-refractivity contribution in [2.75, 3.05) is 26.2 Å². The number of benzene rings is 1. The molecule has 2 nitrogen and oxygen atoms in total. The van der Waals surface area contributed by atoms with Crippen LogP contribution in [0.2, 0.25) is 0 Å². The van der Waals surface area contributed by atoms with Gasteiger partial charge in [0.2, 0.25) is 0 Å². The molecule has 2 saturated heterocycles. The number of nitrogens with zero attached hydrogens (tertiary/aromatic N) is 1. The first-order chi connectivity index (χ1) is 8.69. The van der Waals surface area contributed by atoms with Gasteiger partial charge in [-0.3, -0.25) is 4.90 Å². The molecule has 2 atom stereocenters. The Balaban J connectivity index is 1.72. The van der Waals surface area contributed by atoms with Gasteiger partial charge in [-0.25, -0.2) is 0 Å². The van der Waals surface area contributed by atoms with Gasteiger partial charge in [0.15, 0.2) is 0 Å². The number of hydrogen-bond donors (Lipinski definition) is 1. The van der Waals surface area contributed by atoms with E-state index in [0.29, 0.717) is 11.5 Å². The highest BCUT2D eigenvalue weighted by Crippen LogP contribution is 2.39. The van der Waals surface area contributed by atoms with E-state index >= 15 is 0 Å². The summed E-state index contributed by atoms with van der Waals surface area (Å²) < 4.78 is 0. The molecular weight excluding hydrogens is 220 g/mol. The third kappa shape index (κ3) is 2.19. The van der Waals surface area contributed by atoms with Crippen molar-refractivity contribution in [2.24, 2.45) is 5.41 Å². The topological polar surface area (TPSA) is 15.3 Å². The highest BCUT2D eigenvalue weighted by atomic mass is 15.2. The van der Waals surface area contributed by atoms with Crippen LogP contribution in [0.15, 0.2) is 24.3 Å². The van der Waals surface area contributed by atoms with E-state index < -0.39 is 0 Å². The molecule has 2 fully saturated rings. The summed E-state index contributed by atoms with van der Waals surface area (Å²) in [5.74, 6) is 0. The average molecular weight is 244 g/mol. The fourth-order valence-electron chi connectivity index (χ4n) is 3.58. The zero-order valence-electron chi connectivity index (χ0n) is 11.6. The monoisotopic (exact) mass is 244 g/mol. The first-order valence-electron chi connectivity index (χ1n) is 7.20. The van der Waals surface area contributed by atoms with Crippen LogP contribution < -0.4 is 5.32 Å². The van der Waals surface area contributed by atoms with Gasteiger partial charge < -0.3 is 5.32 Å². The van der Waals surface area contributed by atoms with Gasteiger partial charge in [0.05, 0.1) is 0 Å². The van der Waals surface area contributed by atoms with Crippen LogP contribution in [0.5, 0.6) is 0 Å². The zero-order valence-corrected chi connectivity index (χ0v) is 11.6. The molecular formula is C16H24N2. The van der Waals surface area contributed by atoms with Gasteiger partial charge in [-0.05, 0) is 50.8 Å². The van der Waals surface area contributed by atoms with Crippen molar-refractivity contribution in [3.63, 3.8) is 0 Å². The molecule has 0 radical (unpaired) electrons. The Kier molecular flexibility index (Phi) is 3.16. The third-order valence-electron chi connectivity index (χ3n) is 4.87. The van der Waals surface area contributed by atoms with Crippen LogP contribution in [-0.4, -0.2) is 31.1 Å². The van der Waals surface area contributed by atoms with Crippen molar-refractivity contribution in [2.45, 2.75) is 32.7 Å². The fraction of sp³-hybridized carbons (Fsp3) is 0.625. The minimum atomic E-state index is 0.560. The third-order valence-corrected chi connectivity index (χ3v) is 4.87. The van der Waals surface area contributed by atoms with E-state index in [1.54, 1.807) is 0 Å². The Morgan fingerprint density at radius 3 is 2.94 bits per heavy atom. The minimum Gasteiger partial charge on any atom is -0.316 e. The molecule has 2 aliphatic heterocycles. The van der Waals surface area contributed by atoms with Gasteiger partial charge in [-0.15, -0.1) is 0 Å². The lowest BCUT2D eigenvalue weighted by Crippen LogP contribution is -2.30. The van der Waals surface area contributed by atoms with Crippen LogP contribution >= 0.6 is 0 Å². The SMILES string of the molecule is Cc1cccc(C(C)N2CCC3(CCNC3)C2)c1. The van der Waals surface area contributed by atoms with Gasteiger partial charge in [0.1, 0.15) is 0 Å². The molecule has 1 aromatic carbocycles. The summed E-state index contributed by atoms with van der Waals surface area (Å²) >= 11 is 0. The summed E-state index contributed by atoms with van der Waals surface area (Å²) in [4.78, 5) is 2.67. The van der Waals surface area contributed by atoms with Crippen molar-refractivity contribution in [1.29, 1.82) is 0 Å². The Morgan fingerprint density at radius 2 is 2.22 bits per heavy atom. The molecule has 0 bridgehead atoms. The summed E-state index contributed by atoms with van der Waals surface area (Å²) in [5.41, 5.74) is 3.42. The summed E-state index contributed by atoms with van der Waals surface area (Å²) in [6.07, 6.45) is 2.74. The van der Waals surface area contributed by atoms with Gasteiger partial charge >= 0.3 is 0 Å². The second-order valence-electron chi connectivity index (χ2n) is 6.24.